The topological polar surface area (TPSA) is 71.5 Å². The number of amides is 1. The Morgan fingerprint density at radius 2 is 2.50 bits per heavy atom. The maximum absolute atomic E-state index is 11.7. The number of methoxy groups -OCH3 is 1. The molecule has 1 unspecified atom stereocenters. The van der Waals surface area contributed by atoms with Gasteiger partial charge in [-0.25, -0.2) is 9.78 Å². The number of aromatic nitrogens is 1. The predicted molar refractivity (Wildman–Crippen MR) is 67.9 cm³/mol. The van der Waals surface area contributed by atoms with E-state index in [1.165, 1.54) is 18.4 Å². The molecule has 1 fully saturated rings. The van der Waals surface area contributed by atoms with Crippen LogP contribution in [0.5, 0.6) is 0 Å². The second-order valence-electron chi connectivity index (χ2n) is 3.92. The minimum Gasteiger partial charge on any atom is -0.464 e. The van der Waals surface area contributed by atoms with Crippen LogP contribution in [0.1, 0.15) is 23.8 Å². The van der Waals surface area contributed by atoms with Gasteiger partial charge in [-0.05, 0) is 6.42 Å². The lowest BCUT2D eigenvalue weighted by molar-refractivity contribution is -0.123. The Kier molecular flexibility index (Phi) is 3.81. The predicted octanol–water partition coefficient (Wildman–Crippen LogP) is 0.644. The number of carbonyl (C=O) groups excluding carboxylic acids is 2. The fourth-order valence-corrected chi connectivity index (χ4v) is 2.81. The van der Waals surface area contributed by atoms with Crippen LogP contribution in [-0.4, -0.2) is 43.1 Å². The Hall–Kier alpha value is -1.63. The molecule has 1 amide bonds. The fourth-order valence-electron chi connectivity index (χ4n) is 1.94. The van der Waals surface area contributed by atoms with E-state index in [4.69, 9.17) is 0 Å². The SMILES string of the molecule is CCC1C(=O)NCCN1c1nc(C(=O)OC)cs1. The van der Waals surface area contributed by atoms with Crippen LogP contribution in [0.4, 0.5) is 5.13 Å². The highest BCUT2D eigenvalue weighted by molar-refractivity contribution is 7.14. The van der Waals surface area contributed by atoms with Crippen LogP contribution in [0.3, 0.4) is 0 Å². The summed E-state index contributed by atoms with van der Waals surface area (Å²) in [6, 6.07) is -0.213. The number of piperazine rings is 1. The zero-order valence-corrected chi connectivity index (χ0v) is 11.1. The second-order valence-corrected chi connectivity index (χ2v) is 4.75. The van der Waals surface area contributed by atoms with E-state index in [-0.39, 0.29) is 11.9 Å². The van der Waals surface area contributed by atoms with E-state index in [2.05, 4.69) is 15.0 Å². The Morgan fingerprint density at radius 3 is 3.17 bits per heavy atom. The van der Waals surface area contributed by atoms with Crippen molar-refractivity contribution in [1.29, 1.82) is 0 Å². The number of nitrogens with zero attached hydrogens (tertiary/aromatic N) is 2. The monoisotopic (exact) mass is 269 g/mol. The van der Waals surface area contributed by atoms with Crippen LogP contribution in [0.15, 0.2) is 5.38 Å². The summed E-state index contributed by atoms with van der Waals surface area (Å²) in [6.07, 6.45) is 0.707. The van der Waals surface area contributed by atoms with Gasteiger partial charge in [-0.2, -0.15) is 0 Å². The zero-order valence-electron chi connectivity index (χ0n) is 10.3. The smallest absolute Gasteiger partial charge is 0.357 e. The lowest BCUT2D eigenvalue weighted by Gasteiger charge is -2.34. The molecular formula is C11H15N3O3S. The van der Waals surface area contributed by atoms with Crippen molar-refractivity contribution in [1.82, 2.24) is 10.3 Å². The van der Waals surface area contributed by atoms with Gasteiger partial charge in [0.15, 0.2) is 10.8 Å². The molecule has 18 heavy (non-hydrogen) atoms. The molecule has 1 aliphatic rings. The second kappa shape index (κ2) is 5.34. The molecule has 1 saturated heterocycles. The molecule has 0 spiro atoms. The van der Waals surface area contributed by atoms with E-state index in [1.54, 1.807) is 5.38 Å². The van der Waals surface area contributed by atoms with Gasteiger partial charge >= 0.3 is 5.97 Å². The van der Waals surface area contributed by atoms with Crippen molar-refractivity contribution in [3.63, 3.8) is 0 Å². The molecule has 2 rings (SSSR count). The van der Waals surface area contributed by atoms with Gasteiger partial charge < -0.3 is 15.0 Å². The van der Waals surface area contributed by atoms with E-state index in [1.807, 2.05) is 11.8 Å². The first-order valence-electron chi connectivity index (χ1n) is 5.75. The van der Waals surface area contributed by atoms with Gasteiger partial charge in [0.2, 0.25) is 5.91 Å². The Labute approximate surface area is 109 Å². The van der Waals surface area contributed by atoms with Crippen molar-refractivity contribution in [2.75, 3.05) is 25.1 Å². The summed E-state index contributed by atoms with van der Waals surface area (Å²) in [5.41, 5.74) is 0.290. The molecular weight excluding hydrogens is 254 g/mol. The molecule has 7 heteroatoms. The number of thiazole rings is 1. The largest absolute Gasteiger partial charge is 0.464 e. The van der Waals surface area contributed by atoms with Gasteiger partial charge in [0.1, 0.15) is 6.04 Å². The number of anilines is 1. The number of rotatable bonds is 3. The van der Waals surface area contributed by atoms with Crippen LogP contribution in [-0.2, 0) is 9.53 Å². The minimum atomic E-state index is -0.452. The molecule has 98 valence electrons. The van der Waals surface area contributed by atoms with Gasteiger partial charge in [0.25, 0.3) is 0 Å². The fraction of sp³-hybridized carbons (Fsp3) is 0.545. The summed E-state index contributed by atoms with van der Waals surface area (Å²) in [5, 5.41) is 5.17. The minimum absolute atomic E-state index is 0.0126. The van der Waals surface area contributed by atoms with E-state index < -0.39 is 5.97 Å². The van der Waals surface area contributed by atoms with Crippen molar-refractivity contribution in [2.24, 2.45) is 0 Å². The highest BCUT2D eigenvalue weighted by atomic mass is 32.1. The molecule has 6 nitrogen and oxygen atoms in total. The molecule has 0 bridgehead atoms. The Balaban J connectivity index is 2.21. The number of esters is 1. The first-order valence-corrected chi connectivity index (χ1v) is 6.63. The van der Waals surface area contributed by atoms with Crippen molar-refractivity contribution in [3.8, 4) is 0 Å². The van der Waals surface area contributed by atoms with Gasteiger partial charge in [0, 0.05) is 18.5 Å². The van der Waals surface area contributed by atoms with Crippen LogP contribution >= 0.6 is 11.3 Å². The van der Waals surface area contributed by atoms with E-state index in [0.29, 0.717) is 30.3 Å². The van der Waals surface area contributed by atoms with Crippen LogP contribution in [0.25, 0.3) is 0 Å². The van der Waals surface area contributed by atoms with Crippen LogP contribution < -0.4 is 10.2 Å². The average molecular weight is 269 g/mol. The summed E-state index contributed by atoms with van der Waals surface area (Å²) in [7, 11) is 1.32. The summed E-state index contributed by atoms with van der Waals surface area (Å²) in [6.45, 7) is 3.26. The number of ether oxygens (including phenoxy) is 1. The number of nitrogens with one attached hydrogen (secondary N) is 1. The highest BCUT2D eigenvalue weighted by Gasteiger charge is 2.30. The molecule has 1 aromatic rings. The molecule has 1 N–H and O–H groups in total. The summed E-state index contributed by atoms with van der Waals surface area (Å²) >= 11 is 1.35. The molecule has 0 radical (unpaired) electrons. The van der Waals surface area contributed by atoms with Crippen molar-refractivity contribution >= 4 is 28.3 Å². The van der Waals surface area contributed by atoms with Gasteiger partial charge in [-0.15, -0.1) is 11.3 Å². The molecule has 0 aliphatic carbocycles. The zero-order chi connectivity index (χ0) is 13.1. The maximum atomic E-state index is 11.7. The lowest BCUT2D eigenvalue weighted by atomic mass is 10.1. The summed E-state index contributed by atoms with van der Waals surface area (Å²) < 4.78 is 4.62. The number of hydrogen-bond acceptors (Lipinski definition) is 6. The average Bonchev–Trinajstić information content (AvgIpc) is 2.87. The molecule has 2 heterocycles. The third-order valence-corrected chi connectivity index (χ3v) is 3.73. The van der Waals surface area contributed by atoms with E-state index >= 15 is 0 Å². The van der Waals surface area contributed by atoms with Gasteiger partial charge in [-0.3, -0.25) is 4.79 Å². The van der Waals surface area contributed by atoms with Crippen LogP contribution in [0, 0.1) is 0 Å². The number of carbonyl (C=O) groups is 2. The third-order valence-electron chi connectivity index (χ3n) is 2.85. The molecule has 0 aromatic carbocycles. The first kappa shape index (κ1) is 12.8. The van der Waals surface area contributed by atoms with Gasteiger partial charge in [0.05, 0.1) is 7.11 Å². The quantitative estimate of drug-likeness (QED) is 0.816. The van der Waals surface area contributed by atoms with Crippen molar-refractivity contribution < 1.29 is 14.3 Å². The Morgan fingerprint density at radius 1 is 1.72 bits per heavy atom. The molecule has 1 aromatic heterocycles. The highest BCUT2D eigenvalue weighted by Crippen LogP contribution is 2.25. The maximum Gasteiger partial charge on any atom is 0.357 e. The normalized spacial score (nSPS) is 19.6. The standard InChI is InChI=1S/C11H15N3O3S/c1-3-8-9(15)12-4-5-14(8)11-13-7(6-18-11)10(16)17-2/h6,8H,3-5H2,1-2H3,(H,12,15). The van der Waals surface area contributed by atoms with Crippen LogP contribution in [0.2, 0.25) is 0 Å². The van der Waals surface area contributed by atoms with Crippen molar-refractivity contribution in [2.45, 2.75) is 19.4 Å². The molecule has 1 atom stereocenters. The molecule has 0 saturated carbocycles. The molecule has 1 aliphatic heterocycles. The number of hydrogen-bond donors (Lipinski definition) is 1. The first-order chi connectivity index (χ1) is 8.67. The van der Waals surface area contributed by atoms with Crippen molar-refractivity contribution in [3.05, 3.63) is 11.1 Å². The van der Waals surface area contributed by atoms with E-state index in [9.17, 15) is 9.59 Å². The lowest BCUT2D eigenvalue weighted by Crippen LogP contribution is -2.55. The third kappa shape index (κ3) is 2.31. The Bertz CT molecular complexity index is 460. The van der Waals surface area contributed by atoms with Gasteiger partial charge in [-0.1, -0.05) is 6.92 Å². The summed E-state index contributed by atoms with van der Waals surface area (Å²) in [5.74, 6) is -0.439. The van der Waals surface area contributed by atoms with E-state index in [0.717, 1.165) is 0 Å². The summed E-state index contributed by atoms with van der Waals surface area (Å²) in [4.78, 5) is 29.3.